The molecule has 0 radical (unpaired) electrons. The Hall–Kier alpha value is -2.33. The molecule has 3 aromatic rings. The minimum atomic E-state index is -0.863. The highest BCUT2D eigenvalue weighted by atomic mass is 35.5. The van der Waals surface area contributed by atoms with Crippen LogP contribution in [0.3, 0.4) is 0 Å². The average Bonchev–Trinajstić information content (AvgIpc) is 2.75. The summed E-state index contributed by atoms with van der Waals surface area (Å²) < 4.78 is 2.05. The third-order valence-electron chi connectivity index (χ3n) is 3.33. The van der Waals surface area contributed by atoms with Crippen molar-refractivity contribution in [3.63, 3.8) is 0 Å². The highest BCUT2D eigenvalue weighted by Crippen LogP contribution is 2.24. The van der Waals surface area contributed by atoms with Crippen LogP contribution in [0.1, 0.15) is 11.3 Å². The average molecular weight is 301 g/mol. The number of carboxylic acids is 1. The van der Waals surface area contributed by atoms with Crippen molar-refractivity contribution in [3.8, 4) is 5.69 Å². The van der Waals surface area contributed by atoms with E-state index in [1.807, 2.05) is 47.9 Å². The molecule has 0 unspecified atom stereocenters. The molecule has 1 N–H and O–H groups in total. The van der Waals surface area contributed by atoms with E-state index in [-0.39, 0.29) is 6.42 Å². The summed E-state index contributed by atoms with van der Waals surface area (Å²) in [5.74, 6) is -0.863. The zero-order chi connectivity index (χ0) is 15.0. The Morgan fingerprint density at radius 1 is 1.29 bits per heavy atom. The summed E-state index contributed by atoms with van der Waals surface area (Å²) in [5.41, 5.74) is 4.43. The number of hydrogen-bond acceptors (Lipinski definition) is 2. The van der Waals surface area contributed by atoms with Crippen molar-refractivity contribution in [1.29, 1.82) is 0 Å². The number of carbonyl (C=O) groups is 1. The van der Waals surface area contributed by atoms with Gasteiger partial charge in [0.1, 0.15) is 0 Å². The molecular formula is C16H13ClN2O2. The molecule has 0 saturated heterocycles. The summed E-state index contributed by atoms with van der Waals surface area (Å²) >= 11 is 5.93. The topological polar surface area (TPSA) is 55.1 Å². The van der Waals surface area contributed by atoms with Crippen LogP contribution in [0.5, 0.6) is 0 Å². The first-order valence-electron chi connectivity index (χ1n) is 6.49. The third kappa shape index (κ3) is 2.62. The van der Waals surface area contributed by atoms with Gasteiger partial charge in [-0.05, 0) is 48.9 Å². The van der Waals surface area contributed by atoms with E-state index >= 15 is 0 Å². The predicted octanol–water partition coefficient (Wildman–Crippen LogP) is 3.61. The molecule has 0 amide bonds. The van der Waals surface area contributed by atoms with Crippen molar-refractivity contribution in [2.45, 2.75) is 13.3 Å². The lowest BCUT2D eigenvalue weighted by molar-refractivity contribution is -0.136. The zero-order valence-electron chi connectivity index (χ0n) is 11.4. The number of rotatable bonds is 3. The van der Waals surface area contributed by atoms with E-state index in [1.165, 1.54) is 0 Å². The first-order valence-corrected chi connectivity index (χ1v) is 6.87. The van der Waals surface area contributed by atoms with Gasteiger partial charge in [0, 0.05) is 22.6 Å². The van der Waals surface area contributed by atoms with Gasteiger partial charge in [-0.15, -0.1) is 0 Å². The summed E-state index contributed by atoms with van der Waals surface area (Å²) in [6, 6.07) is 11.4. The molecule has 0 saturated carbocycles. The van der Waals surface area contributed by atoms with Crippen molar-refractivity contribution >= 4 is 28.6 Å². The second-order valence-corrected chi connectivity index (χ2v) is 5.35. The van der Waals surface area contributed by atoms with Gasteiger partial charge in [0.15, 0.2) is 0 Å². The van der Waals surface area contributed by atoms with Crippen LogP contribution in [0, 0.1) is 6.92 Å². The van der Waals surface area contributed by atoms with Crippen molar-refractivity contribution in [1.82, 2.24) is 9.55 Å². The normalized spacial score (nSPS) is 11.0. The van der Waals surface area contributed by atoms with E-state index in [4.69, 9.17) is 16.7 Å². The number of pyridine rings is 1. The molecule has 0 fully saturated rings. The van der Waals surface area contributed by atoms with Crippen LogP contribution in [0.4, 0.5) is 0 Å². The molecule has 2 aromatic heterocycles. The summed E-state index contributed by atoms with van der Waals surface area (Å²) in [5, 5.41) is 9.59. The quantitative estimate of drug-likeness (QED) is 0.804. The van der Waals surface area contributed by atoms with E-state index in [1.54, 1.807) is 6.20 Å². The van der Waals surface area contributed by atoms with Gasteiger partial charge >= 0.3 is 5.97 Å². The second-order valence-electron chi connectivity index (χ2n) is 4.92. The van der Waals surface area contributed by atoms with Crippen LogP contribution in [-0.4, -0.2) is 20.6 Å². The molecule has 0 atom stereocenters. The Morgan fingerprint density at radius 2 is 2.00 bits per heavy atom. The summed E-state index contributed by atoms with van der Waals surface area (Å²) in [6.45, 7) is 1.99. The predicted molar refractivity (Wildman–Crippen MR) is 82.2 cm³/mol. The van der Waals surface area contributed by atoms with Crippen LogP contribution in [0.25, 0.3) is 16.7 Å². The number of carboxylic acid groups (broad SMARTS) is 1. The zero-order valence-corrected chi connectivity index (χ0v) is 12.1. The lowest BCUT2D eigenvalue weighted by Gasteiger charge is -2.09. The minimum absolute atomic E-state index is 0.0339. The van der Waals surface area contributed by atoms with Crippen molar-refractivity contribution in [3.05, 3.63) is 58.9 Å². The van der Waals surface area contributed by atoms with E-state index < -0.39 is 5.97 Å². The van der Waals surface area contributed by atoms with E-state index in [2.05, 4.69) is 4.98 Å². The summed E-state index contributed by atoms with van der Waals surface area (Å²) in [6.07, 6.45) is 1.58. The van der Waals surface area contributed by atoms with Crippen LogP contribution < -0.4 is 0 Å². The molecule has 0 aliphatic rings. The smallest absolute Gasteiger partial charge is 0.307 e. The first-order chi connectivity index (χ1) is 10.0. The standard InChI is InChI=1S/C16H13ClN2O2/c1-10-6-14-15(7-11(9-18-14)8-16(20)21)19(10)13-4-2-12(17)3-5-13/h2-7,9H,8H2,1H3,(H,20,21). The maximum atomic E-state index is 10.9. The van der Waals surface area contributed by atoms with Gasteiger partial charge in [0.2, 0.25) is 0 Å². The highest BCUT2D eigenvalue weighted by molar-refractivity contribution is 6.30. The molecule has 0 aliphatic carbocycles. The Bertz CT molecular complexity index is 822. The molecule has 4 nitrogen and oxygen atoms in total. The van der Waals surface area contributed by atoms with Crippen LogP contribution in [0.15, 0.2) is 42.6 Å². The van der Waals surface area contributed by atoms with E-state index in [9.17, 15) is 4.79 Å². The number of halogens is 1. The SMILES string of the molecule is Cc1cc2ncc(CC(=O)O)cc2n1-c1ccc(Cl)cc1. The molecule has 0 spiro atoms. The Balaban J connectivity index is 2.18. The molecule has 106 valence electrons. The third-order valence-corrected chi connectivity index (χ3v) is 3.59. The fourth-order valence-corrected chi connectivity index (χ4v) is 2.58. The van der Waals surface area contributed by atoms with Crippen LogP contribution >= 0.6 is 11.6 Å². The lowest BCUT2D eigenvalue weighted by Crippen LogP contribution is -2.01. The number of fused-ring (bicyclic) bond motifs is 1. The second kappa shape index (κ2) is 5.22. The maximum Gasteiger partial charge on any atom is 0.307 e. The van der Waals surface area contributed by atoms with E-state index in [0.717, 1.165) is 22.4 Å². The number of benzene rings is 1. The molecule has 3 rings (SSSR count). The van der Waals surface area contributed by atoms with Gasteiger partial charge < -0.3 is 9.67 Å². The molecule has 1 aromatic carbocycles. The van der Waals surface area contributed by atoms with Gasteiger partial charge in [0.05, 0.1) is 17.5 Å². The summed E-state index contributed by atoms with van der Waals surface area (Å²) in [7, 11) is 0. The minimum Gasteiger partial charge on any atom is -0.481 e. The number of nitrogens with zero attached hydrogens (tertiary/aromatic N) is 2. The molecule has 0 aliphatic heterocycles. The largest absolute Gasteiger partial charge is 0.481 e. The Morgan fingerprint density at radius 3 is 2.67 bits per heavy atom. The van der Waals surface area contributed by atoms with Crippen LogP contribution in [0.2, 0.25) is 5.02 Å². The number of aromatic nitrogens is 2. The monoisotopic (exact) mass is 300 g/mol. The fourth-order valence-electron chi connectivity index (χ4n) is 2.45. The molecule has 5 heteroatoms. The molecule has 2 heterocycles. The van der Waals surface area contributed by atoms with Crippen molar-refractivity contribution in [2.75, 3.05) is 0 Å². The Kier molecular flexibility index (Phi) is 3.39. The summed E-state index contributed by atoms with van der Waals surface area (Å²) in [4.78, 5) is 15.2. The molecular weight excluding hydrogens is 288 g/mol. The van der Waals surface area contributed by atoms with E-state index in [0.29, 0.717) is 10.6 Å². The van der Waals surface area contributed by atoms with Gasteiger partial charge in [-0.25, -0.2) is 0 Å². The van der Waals surface area contributed by atoms with Gasteiger partial charge in [0.25, 0.3) is 0 Å². The van der Waals surface area contributed by atoms with Crippen molar-refractivity contribution in [2.24, 2.45) is 0 Å². The van der Waals surface area contributed by atoms with Crippen LogP contribution in [-0.2, 0) is 11.2 Å². The molecule has 0 bridgehead atoms. The number of aryl methyl sites for hydroxylation is 1. The van der Waals surface area contributed by atoms with Gasteiger partial charge in [-0.2, -0.15) is 0 Å². The van der Waals surface area contributed by atoms with Gasteiger partial charge in [-0.3, -0.25) is 9.78 Å². The highest BCUT2D eigenvalue weighted by Gasteiger charge is 2.10. The Labute approximate surface area is 126 Å². The van der Waals surface area contributed by atoms with Gasteiger partial charge in [-0.1, -0.05) is 11.6 Å². The lowest BCUT2D eigenvalue weighted by atomic mass is 10.2. The number of hydrogen-bond donors (Lipinski definition) is 1. The number of aliphatic carboxylic acids is 1. The fraction of sp³-hybridized carbons (Fsp3) is 0.125. The maximum absolute atomic E-state index is 10.9. The molecule has 21 heavy (non-hydrogen) atoms. The first kappa shape index (κ1) is 13.6. The van der Waals surface area contributed by atoms with Crippen molar-refractivity contribution < 1.29 is 9.90 Å².